The molecule has 0 aliphatic heterocycles. The SMILES string of the molecule is NC(=S)CNC(=O)C(=O)Nc1ccc(I)cc1. The molecule has 90 valence electrons. The van der Waals surface area contributed by atoms with Crippen LogP contribution in [0.4, 0.5) is 5.69 Å². The molecule has 7 heteroatoms. The first kappa shape index (κ1) is 13.8. The van der Waals surface area contributed by atoms with Crippen LogP contribution in [0.1, 0.15) is 0 Å². The highest BCUT2D eigenvalue weighted by atomic mass is 127. The van der Waals surface area contributed by atoms with Crippen molar-refractivity contribution in [2.45, 2.75) is 0 Å². The first-order valence-electron chi connectivity index (χ1n) is 4.62. The van der Waals surface area contributed by atoms with Crippen molar-refractivity contribution in [3.8, 4) is 0 Å². The van der Waals surface area contributed by atoms with Crippen LogP contribution in [0.15, 0.2) is 24.3 Å². The van der Waals surface area contributed by atoms with Crippen molar-refractivity contribution >= 4 is 57.3 Å². The van der Waals surface area contributed by atoms with Gasteiger partial charge < -0.3 is 16.4 Å². The fourth-order valence-corrected chi connectivity index (χ4v) is 1.40. The molecule has 0 saturated heterocycles. The number of thiocarbonyl (C=S) groups is 1. The number of nitrogens with one attached hydrogen (secondary N) is 2. The molecule has 5 nitrogen and oxygen atoms in total. The van der Waals surface area contributed by atoms with Crippen LogP contribution < -0.4 is 16.4 Å². The van der Waals surface area contributed by atoms with E-state index in [0.717, 1.165) is 3.57 Å². The molecular formula is C10H10IN3O2S. The summed E-state index contributed by atoms with van der Waals surface area (Å²) in [4.78, 5) is 22.8. The Kier molecular flexibility index (Phi) is 5.29. The Balaban J connectivity index is 2.51. The fourth-order valence-electron chi connectivity index (χ4n) is 0.969. The molecule has 0 saturated carbocycles. The molecule has 0 aliphatic rings. The van der Waals surface area contributed by atoms with E-state index in [2.05, 4.69) is 45.4 Å². The van der Waals surface area contributed by atoms with Crippen LogP contribution in [0.5, 0.6) is 0 Å². The molecule has 0 spiro atoms. The minimum Gasteiger partial charge on any atom is -0.392 e. The average Bonchev–Trinajstić information content (AvgIpc) is 2.28. The molecule has 2 amide bonds. The summed E-state index contributed by atoms with van der Waals surface area (Å²) >= 11 is 6.72. The highest BCUT2D eigenvalue weighted by molar-refractivity contribution is 14.1. The van der Waals surface area contributed by atoms with Gasteiger partial charge in [0.15, 0.2) is 0 Å². The number of anilines is 1. The van der Waals surface area contributed by atoms with Crippen LogP contribution in [0.25, 0.3) is 0 Å². The molecule has 17 heavy (non-hydrogen) atoms. The Morgan fingerprint density at radius 1 is 1.24 bits per heavy atom. The number of carbonyl (C=O) groups is 2. The number of carbonyl (C=O) groups excluding carboxylic acids is 2. The van der Waals surface area contributed by atoms with E-state index in [9.17, 15) is 9.59 Å². The highest BCUT2D eigenvalue weighted by Gasteiger charge is 2.12. The molecule has 0 radical (unpaired) electrons. The molecule has 1 rings (SSSR count). The van der Waals surface area contributed by atoms with Gasteiger partial charge in [-0.2, -0.15) is 0 Å². The second-order valence-corrected chi connectivity index (χ2v) is 4.88. The van der Waals surface area contributed by atoms with Gasteiger partial charge in [0.25, 0.3) is 0 Å². The second kappa shape index (κ2) is 6.50. The van der Waals surface area contributed by atoms with E-state index in [1.54, 1.807) is 12.1 Å². The van der Waals surface area contributed by atoms with Crippen molar-refractivity contribution in [3.63, 3.8) is 0 Å². The van der Waals surface area contributed by atoms with E-state index in [-0.39, 0.29) is 11.5 Å². The third kappa shape index (κ3) is 5.09. The molecule has 0 aromatic heterocycles. The first-order valence-corrected chi connectivity index (χ1v) is 6.11. The summed E-state index contributed by atoms with van der Waals surface area (Å²) in [6.07, 6.45) is 0. The smallest absolute Gasteiger partial charge is 0.313 e. The van der Waals surface area contributed by atoms with E-state index in [1.807, 2.05) is 12.1 Å². The van der Waals surface area contributed by atoms with E-state index < -0.39 is 11.8 Å². The summed E-state index contributed by atoms with van der Waals surface area (Å²) in [5, 5.41) is 4.75. The van der Waals surface area contributed by atoms with Gasteiger partial charge in [0.05, 0.1) is 11.5 Å². The lowest BCUT2D eigenvalue weighted by molar-refractivity contribution is -0.135. The predicted molar refractivity (Wildman–Crippen MR) is 77.6 cm³/mol. The van der Waals surface area contributed by atoms with Gasteiger partial charge in [0.2, 0.25) is 0 Å². The Morgan fingerprint density at radius 3 is 2.35 bits per heavy atom. The Bertz CT molecular complexity index is 447. The second-order valence-electron chi connectivity index (χ2n) is 3.11. The summed E-state index contributed by atoms with van der Waals surface area (Å²) in [6, 6.07) is 7.06. The normalized spacial score (nSPS) is 9.47. The third-order valence-electron chi connectivity index (χ3n) is 1.73. The molecule has 1 aromatic carbocycles. The fraction of sp³-hybridized carbons (Fsp3) is 0.100. The number of amides is 2. The monoisotopic (exact) mass is 363 g/mol. The minimum atomic E-state index is -0.767. The zero-order valence-corrected chi connectivity index (χ0v) is 11.7. The number of rotatable bonds is 3. The minimum absolute atomic E-state index is 0.00821. The standard InChI is InChI=1S/C10H10IN3O2S/c11-6-1-3-7(4-2-6)14-10(16)9(15)13-5-8(12)17/h1-4H,5H2,(H2,12,17)(H,13,15)(H,14,16). The van der Waals surface area contributed by atoms with Gasteiger partial charge in [0, 0.05) is 9.26 Å². The van der Waals surface area contributed by atoms with Gasteiger partial charge in [-0.25, -0.2) is 0 Å². The van der Waals surface area contributed by atoms with Crippen LogP contribution in [0.2, 0.25) is 0 Å². The van der Waals surface area contributed by atoms with Gasteiger partial charge in [-0.15, -0.1) is 0 Å². The topological polar surface area (TPSA) is 84.2 Å². The van der Waals surface area contributed by atoms with E-state index in [0.29, 0.717) is 5.69 Å². The van der Waals surface area contributed by atoms with Gasteiger partial charge in [0.1, 0.15) is 0 Å². The van der Waals surface area contributed by atoms with Crippen molar-refractivity contribution in [3.05, 3.63) is 27.8 Å². The summed E-state index contributed by atoms with van der Waals surface area (Å²) in [7, 11) is 0. The Morgan fingerprint density at radius 2 is 1.82 bits per heavy atom. The Hall–Kier alpha value is -1.22. The summed E-state index contributed by atoms with van der Waals surface area (Å²) in [5.41, 5.74) is 5.75. The van der Waals surface area contributed by atoms with Crippen molar-refractivity contribution in [2.24, 2.45) is 5.73 Å². The van der Waals surface area contributed by atoms with E-state index >= 15 is 0 Å². The maximum atomic E-state index is 11.4. The van der Waals surface area contributed by atoms with Crippen molar-refractivity contribution < 1.29 is 9.59 Å². The molecule has 0 aliphatic carbocycles. The van der Waals surface area contributed by atoms with Crippen LogP contribution >= 0.6 is 34.8 Å². The van der Waals surface area contributed by atoms with Gasteiger partial charge in [-0.05, 0) is 46.9 Å². The number of hydrogen-bond donors (Lipinski definition) is 3. The highest BCUT2D eigenvalue weighted by Crippen LogP contribution is 2.10. The van der Waals surface area contributed by atoms with Gasteiger partial charge in [-0.3, -0.25) is 9.59 Å². The third-order valence-corrected chi connectivity index (χ3v) is 2.59. The summed E-state index contributed by atoms with van der Waals surface area (Å²) in [5.74, 6) is -1.51. The molecule has 0 unspecified atom stereocenters. The number of benzene rings is 1. The predicted octanol–water partition coefficient (Wildman–Crippen LogP) is 0.632. The van der Waals surface area contributed by atoms with Crippen LogP contribution in [0.3, 0.4) is 0 Å². The van der Waals surface area contributed by atoms with E-state index in [4.69, 9.17) is 5.73 Å². The molecule has 0 atom stereocenters. The number of hydrogen-bond acceptors (Lipinski definition) is 3. The van der Waals surface area contributed by atoms with Crippen LogP contribution in [-0.2, 0) is 9.59 Å². The average molecular weight is 363 g/mol. The lowest BCUT2D eigenvalue weighted by Crippen LogP contribution is -2.39. The van der Waals surface area contributed by atoms with E-state index in [1.165, 1.54) is 0 Å². The van der Waals surface area contributed by atoms with Crippen molar-refractivity contribution in [1.82, 2.24) is 5.32 Å². The summed E-state index contributed by atoms with van der Waals surface area (Å²) in [6.45, 7) is 0.00821. The largest absolute Gasteiger partial charge is 0.392 e. The zero-order valence-electron chi connectivity index (χ0n) is 8.70. The van der Waals surface area contributed by atoms with Gasteiger partial charge >= 0.3 is 11.8 Å². The molecular weight excluding hydrogens is 353 g/mol. The van der Waals surface area contributed by atoms with Crippen molar-refractivity contribution in [2.75, 3.05) is 11.9 Å². The first-order chi connectivity index (χ1) is 7.99. The lowest BCUT2D eigenvalue weighted by Gasteiger charge is -2.05. The quantitative estimate of drug-likeness (QED) is 0.418. The van der Waals surface area contributed by atoms with Crippen molar-refractivity contribution in [1.29, 1.82) is 0 Å². The van der Waals surface area contributed by atoms with Crippen LogP contribution in [-0.4, -0.2) is 23.3 Å². The van der Waals surface area contributed by atoms with Gasteiger partial charge in [-0.1, -0.05) is 12.2 Å². The summed E-state index contributed by atoms with van der Waals surface area (Å²) < 4.78 is 1.04. The maximum Gasteiger partial charge on any atom is 0.313 e. The maximum absolute atomic E-state index is 11.4. The Labute approximate surface area is 117 Å². The molecule has 0 heterocycles. The molecule has 0 bridgehead atoms. The lowest BCUT2D eigenvalue weighted by atomic mass is 10.3. The molecule has 4 N–H and O–H groups in total. The number of halogens is 1. The molecule has 1 aromatic rings. The van der Waals surface area contributed by atoms with Crippen LogP contribution in [0, 0.1) is 3.57 Å². The molecule has 0 fully saturated rings. The number of nitrogens with two attached hydrogens (primary N) is 1. The zero-order chi connectivity index (χ0) is 12.8.